The van der Waals surface area contributed by atoms with Crippen molar-refractivity contribution in [3.8, 4) is 16.9 Å². The maximum absolute atomic E-state index is 14.8. The van der Waals surface area contributed by atoms with Crippen LogP contribution < -0.4 is 5.32 Å². The number of ether oxygens (including phenoxy) is 1. The van der Waals surface area contributed by atoms with Crippen LogP contribution in [-0.2, 0) is 9.53 Å². The van der Waals surface area contributed by atoms with Crippen LogP contribution in [0.1, 0.15) is 46.2 Å². The Hall–Kier alpha value is -5.14. The molecule has 45 heavy (non-hydrogen) atoms. The van der Waals surface area contributed by atoms with E-state index >= 15 is 0 Å². The van der Waals surface area contributed by atoms with E-state index in [9.17, 15) is 14.4 Å². The number of rotatable bonds is 9. The topological polar surface area (TPSA) is 90.3 Å². The minimum Gasteiger partial charge on any atom is -0.468 e. The largest absolute Gasteiger partial charge is 0.468 e. The number of carbonyl (C=O) groups excluding carboxylic acids is 3. The number of Topliss-reactive ketones (excluding diaryl/α,β-unsaturated/α-hetero) is 2. The van der Waals surface area contributed by atoms with Crippen molar-refractivity contribution in [1.29, 1.82) is 0 Å². The highest BCUT2D eigenvalue weighted by Crippen LogP contribution is 2.51. The Morgan fingerprint density at radius 1 is 0.756 bits per heavy atom. The van der Waals surface area contributed by atoms with Gasteiger partial charge in [-0.3, -0.25) is 19.7 Å². The Labute approximate surface area is 262 Å². The zero-order valence-corrected chi connectivity index (χ0v) is 25.5. The third-order valence-corrected chi connectivity index (χ3v) is 8.88. The lowest BCUT2D eigenvalue weighted by Crippen LogP contribution is -2.59. The minimum absolute atomic E-state index is 0.236. The molecule has 1 aliphatic rings. The quantitative estimate of drug-likeness (QED) is 0.149. The van der Waals surface area contributed by atoms with Gasteiger partial charge in [-0.05, 0) is 18.1 Å². The lowest BCUT2D eigenvalue weighted by atomic mass is 9.67. The molecule has 7 nitrogen and oxygen atoms in total. The van der Waals surface area contributed by atoms with Crippen molar-refractivity contribution in [3.05, 3.63) is 144 Å². The van der Waals surface area contributed by atoms with Crippen LogP contribution in [-0.4, -0.2) is 40.0 Å². The molecule has 1 aromatic heterocycles. The molecular formula is C38H35N3O4. The fourth-order valence-electron chi connectivity index (χ4n) is 6.70. The van der Waals surface area contributed by atoms with E-state index in [0.717, 1.165) is 11.3 Å². The van der Waals surface area contributed by atoms with Crippen LogP contribution in [0.2, 0.25) is 0 Å². The summed E-state index contributed by atoms with van der Waals surface area (Å²) in [5, 5.41) is 8.59. The van der Waals surface area contributed by atoms with E-state index in [1.807, 2.05) is 92.8 Å². The average molecular weight is 598 g/mol. The zero-order chi connectivity index (χ0) is 31.6. The molecule has 0 aliphatic carbocycles. The average Bonchev–Trinajstić information content (AvgIpc) is 3.70. The monoisotopic (exact) mass is 597 g/mol. The number of hydrogen-bond donors (Lipinski definition) is 1. The number of hydrogen-bond acceptors (Lipinski definition) is 6. The second kappa shape index (κ2) is 12.5. The molecule has 4 atom stereocenters. The second-order valence-corrected chi connectivity index (χ2v) is 11.7. The molecule has 0 radical (unpaired) electrons. The van der Waals surface area contributed by atoms with Gasteiger partial charge in [0.2, 0.25) is 0 Å². The third kappa shape index (κ3) is 5.29. The second-order valence-electron chi connectivity index (χ2n) is 11.7. The maximum atomic E-state index is 14.8. The molecule has 0 amide bonds. The fourth-order valence-corrected chi connectivity index (χ4v) is 6.70. The molecule has 1 aliphatic heterocycles. The number of para-hydroxylation sites is 1. The van der Waals surface area contributed by atoms with Crippen molar-refractivity contribution in [1.82, 2.24) is 15.1 Å². The number of ketones is 2. The number of benzene rings is 4. The van der Waals surface area contributed by atoms with Gasteiger partial charge in [0.25, 0.3) is 0 Å². The molecule has 5 aromatic rings. The van der Waals surface area contributed by atoms with E-state index in [2.05, 4.69) is 5.32 Å². The van der Waals surface area contributed by atoms with Crippen LogP contribution in [0.25, 0.3) is 16.9 Å². The van der Waals surface area contributed by atoms with Crippen LogP contribution >= 0.6 is 0 Å². The zero-order valence-electron chi connectivity index (χ0n) is 25.5. The molecule has 0 bridgehead atoms. The molecule has 4 unspecified atom stereocenters. The van der Waals surface area contributed by atoms with Crippen molar-refractivity contribution in [2.24, 2.45) is 17.8 Å². The Bertz CT molecular complexity index is 1800. The van der Waals surface area contributed by atoms with Gasteiger partial charge in [0.1, 0.15) is 5.54 Å². The summed E-state index contributed by atoms with van der Waals surface area (Å²) < 4.78 is 7.22. The first-order valence-electron chi connectivity index (χ1n) is 15.1. The van der Waals surface area contributed by atoms with Gasteiger partial charge in [0.15, 0.2) is 11.6 Å². The number of methoxy groups -OCH3 is 1. The Balaban J connectivity index is 1.63. The standard InChI is InChI=1S/C38H35N3O4/c1-25(2)38(37(44)45-3)32(36(43)28-20-12-6-13-21-28)31(35(42)27-18-10-5-11-19-27)34(39-38)30-24-41(29-22-14-7-15-23-29)40-33(30)26-16-8-4-9-17-26/h4-25,31-32,34,39H,1-3H3. The number of nitrogens with zero attached hydrogens (tertiary/aromatic N) is 2. The molecule has 1 saturated heterocycles. The first-order valence-corrected chi connectivity index (χ1v) is 15.1. The first kappa shape index (κ1) is 29.9. The van der Waals surface area contributed by atoms with E-state index in [4.69, 9.17) is 9.84 Å². The SMILES string of the molecule is COC(=O)C1(C(C)C)NC(c2cn(-c3ccccc3)nc2-c2ccccc2)C(C(=O)c2ccccc2)C1C(=O)c1ccccc1. The molecular weight excluding hydrogens is 562 g/mol. The first-order chi connectivity index (χ1) is 21.9. The predicted octanol–water partition coefficient (Wildman–Crippen LogP) is 6.75. The van der Waals surface area contributed by atoms with Crippen molar-refractivity contribution in [2.75, 3.05) is 7.11 Å². The summed E-state index contributed by atoms with van der Waals surface area (Å²) in [5.41, 5.74) is 2.42. The normalized spacial score (nSPS) is 21.0. The van der Waals surface area contributed by atoms with E-state index in [-0.39, 0.29) is 11.6 Å². The van der Waals surface area contributed by atoms with E-state index in [0.29, 0.717) is 22.4 Å². The molecule has 1 N–H and O–H groups in total. The Morgan fingerprint density at radius 3 is 1.80 bits per heavy atom. The van der Waals surface area contributed by atoms with Gasteiger partial charge in [-0.25, -0.2) is 4.68 Å². The summed E-state index contributed by atoms with van der Waals surface area (Å²) in [5.74, 6) is -3.57. The maximum Gasteiger partial charge on any atom is 0.327 e. The van der Waals surface area contributed by atoms with E-state index < -0.39 is 35.3 Å². The highest BCUT2D eigenvalue weighted by molar-refractivity contribution is 6.09. The molecule has 226 valence electrons. The van der Waals surface area contributed by atoms with Crippen LogP contribution in [0.5, 0.6) is 0 Å². The Morgan fingerprint density at radius 2 is 1.27 bits per heavy atom. The lowest BCUT2D eigenvalue weighted by Gasteiger charge is -2.36. The summed E-state index contributed by atoms with van der Waals surface area (Å²) in [4.78, 5) is 43.4. The molecule has 7 heteroatoms. The van der Waals surface area contributed by atoms with Gasteiger partial charge in [0, 0.05) is 34.5 Å². The number of esters is 1. The number of nitrogens with one attached hydrogen (secondary N) is 1. The van der Waals surface area contributed by atoms with Crippen molar-refractivity contribution < 1.29 is 19.1 Å². The van der Waals surface area contributed by atoms with Gasteiger partial charge in [0.05, 0.1) is 30.3 Å². The molecule has 0 spiro atoms. The van der Waals surface area contributed by atoms with Gasteiger partial charge < -0.3 is 4.74 Å². The van der Waals surface area contributed by atoms with Crippen LogP contribution in [0.3, 0.4) is 0 Å². The molecule has 0 saturated carbocycles. The molecule has 1 fully saturated rings. The van der Waals surface area contributed by atoms with E-state index in [1.165, 1.54) is 7.11 Å². The summed E-state index contributed by atoms with van der Waals surface area (Å²) in [6.45, 7) is 3.76. The Kier molecular flexibility index (Phi) is 8.28. The van der Waals surface area contributed by atoms with Crippen LogP contribution in [0.4, 0.5) is 0 Å². The third-order valence-electron chi connectivity index (χ3n) is 8.88. The molecule has 6 rings (SSSR count). The smallest absolute Gasteiger partial charge is 0.327 e. The van der Waals surface area contributed by atoms with Crippen LogP contribution in [0.15, 0.2) is 128 Å². The summed E-state index contributed by atoms with van der Waals surface area (Å²) in [6.07, 6.45) is 1.90. The summed E-state index contributed by atoms with van der Waals surface area (Å²) >= 11 is 0. The number of carbonyl (C=O) groups is 3. The fraction of sp³-hybridized carbons (Fsp3) is 0.211. The van der Waals surface area contributed by atoms with E-state index in [1.54, 1.807) is 53.2 Å². The number of aromatic nitrogens is 2. The highest BCUT2D eigenvalue weighted by atomic mass is 16.5. The summed E-state index contributed by atoms with van der Waals surface area (Å²) in [6, 6.07) is 36.5. The molecule has 2 heterocycles. The van der Waals surface area contributed by atoms with Gasteiger partial charge in [-0.1, -0.05) is 123 Å². The van der Waals surface area contributed by atoms with Gasteiger partial charge in [-0.2, -0.15) is 5.10 Å². The van der Waals surface area contributed by atoms with Gasteiger partial charge >= 0.3 is 5.97 Å². The highest BCUT2D eigenvalue weighted by Gasteiger charge is 2.65. The predicted molar refractivity (Wildman–Crippen MR) is 173 cm³/mol. The minimum atomic E-state index is -1.51. The van der Waals surface area contributed by atoms with Crippen molar-refractivity contribution in [2.45, 2.75) is 25.4 Å². The lowest BCUT2D eigenvalue weighted by molar-refractivity contribution is -0.151. The van der Waals surface area contributed by atoms with Gasteiger partial charge in [-0.15, -0.1) is 0 Å². The summed E-state index contributed by atoms with van der Waals surface area (Å²) in [7, 11) is 1.32. The van der Waals surface area contributed by atoms with Crippen molar-refractivity contribution >= 4 is 17.5 Å². The van der Waals surface area contributed by atoms with Crippen LogP contribution in [0, 0.1) is 17.8 Å². The van der Waals surface area contributed by atoms with Crippen molar-refractivity contribution in [3.63, 3.8) is 0 Å². The molecule has 4 aromatic carbocycles.